The first-order valence-corrected chi connectivity index (χ1v) is 5.33. The van der Waals surface area contributed by atoms with Crippen molar-refractivity contribution >= 4 is 10.1 Å². The van der Waals surface area contributed by atoms with E-state index >= 15 is 0 Å². The van der Waals surface area contributed by atoms with Crippen molar-refractivity contribution in [2.75, 3.05) is 0 Å². The van der Waals surface area contributed by atoms with E-state index in [4.69, 9.17) is 4.55 Å². The molecule has 0 saturated heterocycles. The van der Waals surface area contributed by atoms with E-state index in [1.54, 1.807) is 6.08 Å². The average molecular weight is 202 g/mol. The lowest BCUT2D eigenvalue weighted by atomic mass is 10.2. The third kappa shape index (κ3) is 5.38. The van der Waals surface area contributed by atoms with Crippen LogP contribution in [-0.4, -0.2) is 13.0 Å². The molecule has 0 amide bonds. The molecule has 0 unspecified atom stereocenters. The van der Waals surface area contributed by atoms with E-state index < -0.39 is 10.1 Å². The van der Waals surface area contributed by atoms with Crippen LogP contribution in [0.4, 0.5) is 0 Å². The molecule has 0 heterocycles. The molecule has 0 fully saturated rings. The Bertz CT molecular complexity index is 334. The molecule has 4 heteroatoms. The Morgan fingerprint density at radius 3 is 2.38 bits per heavy atom. The average Bonchev–Trinajstić information content (AvgIpc) is 1.99. The zero-order chi connectivity index (χ0) is 10.5. The summed E-state index contributed by atoms with van der Waals surface area (Å²) in [6, 6.07) is 0. The van der Waals surface area contributed by atoms with Crippen LogP contribution in [0.3, 0.4) is 0 Å². The molecule has 0 rings (SSSR count). The van der Waals surface area contributed by atoms with E-state index in [9.17, 15) is 8.42 Å². The molecule has 0 aromatic rings. The Kier molecular flexibility index (Phi) is 4.66. The second-order valence-electron chi connectivity index (χ2n) is 2.63. The topological polar surface area (TPSA) is 54.4 Å². The van der Waals surface area contributed by atoms with Gasteiger partial charge < -0.3 is 0 Å². The Hall–Kier alpha value is -0.870. The van der Waals surface area contributed by atoms with Crippen LogP contribution >= 0.6 is 0 Å². The summed E-state index contributed by atoms with van der Waals surface area (Å²) in [6.07, 6.45) is 5.69. The van der Waals surface area contributed by atoms with Crippen LogP contribution in [0.25, 0.3) is 0 Å². The predicted molar refractivity (Wildman–Crippen MR) is 53.9 cm³/mol. The van der Waals surface area contributed by atoms with Gasteiger partial charge in [0.1, 0.15) is 0 Å². The van der Waals surface area contributed by atoms with E-state index in [0.29, 0.717) is 0 Å². The highest BCUT2D eigenvalue weighted by Crippen LogP contribution is 2.05. The van der Waals surface area contributed by atoms with Crippen LogP contribution in [0.15, 0.2) is 35.3 Å². The standard InChI is InChI=1S/C9H14O3S/c1-4-5-8(2)6-7-9(3)13(10,11)12/h5-7H,3-4H2,1-2H3,(H,10,11,12)/b7-6-,8-5-. The van der Waals surface area contributed by atoms with Crippen LogP contribution < -0.4 is 0 Å². The number of allylic oxidation sites excluding steroid dienone is 4. The SMILES string of the molecule is C=C(/C=C\C(C)=C/CC)S(=O)(=O)O. The fourth-order valence-corrected chi connectivity index (χ4v) is 0.940. The molecule has 0 bridgehead atoms. The molecule has 0 aromatic heterocycles. The van der Waals surface area contributed by atoms with Crippen LogP contribution in [-0.2, 0) is 10.1 Å². The summed E-state index contributed by atoms with van der Waals surface area (Å²) in [6.45, 7) is 7.03. The molecular formula is C9H14O3S. The van der Waals surface area contributed by atoms with Gasteiger partial charge >= 0.3 is 0 Å². The Morgan fingerprint density at radius 1 is 1.46 bits per heavy atom. The van der Waals surface area contributed by atoms with Gasteiger partial charge in [-0.25, -0.2) is 0 Å². The highest BCUT2D eigenvalue weighted by Gasteiger charge is 2.05. The second-order valence-corrected chi connectivity index (χ2v) is 4.11. The molecule has 1 N–H and O–H groups in total. The molecule has 0 aliphatic rings. The lowest BCUT2D eigenvalue weighted by Gasteiger charge is -1.93. The summed E-state index contributed by atoms with van der Waals surface area (Å²) in [5.41, 5.74) is 0.937. The molecule has 0 radical (unpaired) electrons. The van der Waals surface area contributed by atoms with Crippen molar-refractivity contribution < 1.29 is 13.0 Å². The van der Waals surface area contributed by atoms with E-state index in [2.05, 4.69) is 6.58 Å². The van der Waals surface area contributed by atoms with Crippen molar-refractivity contribution in [3.8, 4) is 0 Å². The third-order valence-electron chi connectivity index (χ3n) is 1.39. The molecule has 0 atom stereocenters. The fraction of sp³-hybridized carbons (Fsp3) is 0.333. The van der Waals surface area contributed by atoms with E-state index in [1.165, 1.54) is 6.08 Å². The second kappa shape index (κ2) is 4.99. The van der Waals surface area contributed by atoms with Gasteiger partial charge in [0.25, 0.3) is 10.1 Å². The van der Waals surface area contributed by atoms with Crippen molar-refractivity contribution in [1.82, 2.24) is 0 Å². The van der Waals surface area contributed by atoms with Gasteiger partial charge in [0.05, 0.1) is 4.91 Å². The summed E-state index contributed by atoms with van der Waals surface area (Å²) < 4.78 is 29.5. The number of hydrogen-bond donors (Lipinski definition) is 1. The molecule has 0 aliphatic heterocycles. The predicted octanol–water partition coefficient (Wildman–Crippen LogP) is 2.30. The minimum Gasteiger partial charge on any atom is -0.282 e. The smallest absolute Gasteiger partial charge is 0.282 e. The molecular weight excluding hydrogens is 188 g/mol. The molecule has 0 aromatic carbocycles. The van der Waals surface area contributed by atoms with Gasteiger partial charge in [-0.1, -0.05) is 31.2 Å². The first kappa shape index (κ1) is 12.1. The van der Waals surface area contributed by atoms with Gasteiger partial charge in [0.2, 0.25) is 0 Å². The quantitative estimate of drug-likeness (QED) is 0.562. The Labute approximate surface area is 79.2 Å². The van der Waals surface area contributed by atoms with Gasteiger partial charge in [-0.3, -0.25) is 4.55 Å². The van der Waals surface area contributed by atoms with Crippen LogP contribution in [0.5, 0.6) is 0 Å². The lowest BCUT2D eigenvalue weighted by molar-refractivity contribution is 0.492. The monoisotopic (exact) mass is 202 g/mol. The van der Waals surface area contributed by atoms with Gasteiger partial charge in [-0.05, 0) is 19.4 Å². The molecule has 3 nitrogen and oxygen atoms in total. The first-order chi connectivity index (χ1) is 5.88. The highest BCUT2D eigenvalue weighted by atomic mass is 32.2. The van der Waals surface area contributed by atoms with E-state index in [0.717, 1.165) is 12.0 Å². The summed E-state index contributed by atoms with van der Waals surface area (Å²) in [5, 5.41) is 0. The van der Waals surface area contributed by atoms with Crippen molar-refractivity contribution in [3.63, 3.8) is 0 Å². The molecule has 0 saturated carbocycles. The van der Waals surface area contributed by atoms with Crippen molar-refractivity contribution in [2.24, 2.45) is 0 Å². The van der Waals surface area contributed by atoms with E-state index in [-0.39, 0.29) is 4.91 Å². The van der Waals surface area contributed by atoms with Crippen LogP contribution in [0.1, 0.15) is 20.3 Å². The molecule has 13 heavy (non-hydrogen) atoms. The first-order valence-electron chi connectivity index (χ1n) is 3.89. The summed E-state index contributed by atoms with van der Waals surface area (Å²) in [4.78, 5) is -0.295. The molecule has 0 aliphatic carbocycles. The van der Waals surface area contributed by atoms with Crippen LogP contribution in [0.2, 0.25) is 0 Å². The zero-order valence-electron chi connectivity index (χ0n) is 7.82. The maximum absolute atomic E-state index is 10.5. The van der Waals surface area contributed by atoms with E-state index in [1.807, 2.05) is 19.9 Å². The van der Waals surface area contributed by atoms with Gasteiger partial charge in [0.15, 0.2) is 0 Å². The van der Waals surface area contributed by atoms with Gasteiger partial charge in [0, 0.05) is 0 Å². The molecule has 74 valence electrons. The van der Waals surface area contributed by atoms with Gasteiger partial charge in [-0.15, -0.1) is 0 Å². The normalized spacial score (nSPS) is 13.6. The summed E-state index contributed by atoms with van der Waals surface area (Å²) in [7, 11) is -4.12. The summed E-state index contributed by atoms with van der Waals surface area (Å²) >= 11 is 0. The lowest BCUT2D eigenvalue weighted by Crippen LogP contribution is -1.97. The van der Waals surface area contributed by atoms with Gasteiger partial charge in [-0.2, -0.15) is 8.42 Å². The third-order valence-corrected chi connectivity index (χ3v) is 2.19. The van der Waals surface area contributed by atoms with Crippen LogP contribution in [0, 0.1) is 0 Å². The highest BCUT2D eigenvalue weighted by molar-refractivity contribution is 7.90. The fourth-order valence-electron chi connectivity index (χ4n) is 0.700. The maximum Gasteiger partial charge on any atom is 0.293 e. The summed E-state index contributed by atoms with van der Waals surface area (Å²) in [5.74, 6) is 0. The number of rotatable bonds is 4. The van der Waals surface area contributed by atoms with Crippen molar-refractivity contribution in [1.29, 1.82) is 0 Å². The number of hydrogen-bond acceptors (Lipinski definition) is 2. The Morgan fingerprint density at radius 2 is 2.00 bits per heavy atom. The Balaban J connectivity index is 4.48. The van der Waals surface area contributed by atoms with Crippen molar-refractivity contribution in [2.45, 2.75) is 20.3 Å². The largest absolute Gasteiger partial charge is 0.293 e. The minimum absolute atomic E-state index is 0.295. The minimum atomic E-state index is -4.12. The van der Waals surface area contributed by atoms with Crippen molar-refractivity contribution in [3.05, 3.63) is 35.3 Å². The maximum atomic E-state index is 10.5. The zero-order valence-corrected chi connectivity index (χ0v) is 8.63. The molecule has 0 spiro atoms.